The minimum absolute atomic E-state index is 0.116. The Morgan fingerprint density at radius 3 is 2.73 bits per heavy atom. The molecule has 0 aromatic carbocycles. The molecule has 3 atom stereocenters. The van der Waals surface area contributed by atoms with Crippen molar-refractivity contribution in [1.29, 1.82) is 0 Å². The third-order valence-corrected chi connectivity index (χ3v) is 2.05. The number of hydrogen-bond acceptors (Lipinski definition) is 2. The lowest BCUT2D eigenvalue weighted by molar-refractivity contribution is -0.00306. The van der Waals surface area contributed by atoms with Gasteiger partial charge in [0, 0.05) is 0 Å². The minimum Gasteiger partial charge on any atom is -0.347 e. The first-order chi connectivity index (χ1) is 5.27. The number of hydrogen-bond donors (Lipinski definition) is 0. The Kier molecular flexibility index (Phi) is 3.34. The first-order valence-corrected chi connectivity index (χ1v) is 4.58. The molecule has 0 N–H and O–H groups in total. The van der Waals surface area contributed by atoms with Gasteiger partial charge in [-0.05, 0) is 19.8 Å². The predicted octanol–water partition coefficient (Wildman–Crippen LogP) is 2.33. The van der Waals surface area contributed by atoms with E-state index in [1.807, 2.05) is 0 Å². The van der Waals surface area contributed by atoms with Gasteiger partial charge in [-0.15, -0.1) is 0 Å². The molecule has 0 aromatic heterocycles. The fraction of sp³-hybridized carbons (Fsp3) is 1.00. The first kappa shape index (κ1) is 9.01. The second kappa shape index (κ2) is 4.07. The Hall–Kier alpha value is -0.0800. The topological polar surface area (TPSA) is 21.8 Å². The number of rotatable bonds is 5. The molecule has 1 fully saturated rings. The summed E-state index contributed by atoms with van der Waals surface area (Å²) in [6.45, 7) is 6.38. The molecule has 0 aromatic rings. The molecule has 1 aliphatic heterocycles. The van der Waals surface area contributed by atoms with E-state index in [2.05, 4.69) is 20.8 Å². The minimum atomic E-state index is 0.116. The average molecular weight is 158 g/mol. The molecule has 0 amide bonds. The summed E-state index contributed by atoms with van der Waals surface area (Å²) in [6, 6.07) is 0. The normalized spacial score (nSPS) is 31.9. The Bertz CT molecular complexity index is 114. The Morgan fingerprint density at radius 2 is 2.18 bits per heavy atom. The third-order valence-electron chi connectivity index (χ3n) is 2.05. The molecule has 2 nitrogen and oxygen atoms in total. The Labute approximate surface area is 68.9 Å². The summed E-state index contributed by atoms with van der Waals surface area (Å²) in [4.78, 5) is 0. The monoisotopic (exact) mass is 158 g/mol. The molecule has 1 rings (SSSR count). The van der Waals surface area contributed by atoms with Crippen LogP contribution < -0.4 is 0 Å². The predicted molar refractivity (Wildman–Crippen MR) is 44.4 cm³/mol. The van der Waals surface area contributed by atoms with Crippen LogP contribution in [0.3, 0.4) is 0 Å². The zero-order chi connectivity index (χ0) is 8.27. The summed E-state index contributed by atoms with van der Waals surface area (Å²) in [5.41, 5.74) is 0. The number of epoxide rings is 1. The largest absolute Gasteiger partial charge is 0.347 e. The lowest BCUT2D eigenvalue weighted by Gasteiger charge is -2.06. The van der Waals surface area contributed by atoms with E-state index in [0.29, 0.717) is 12.2 Å². The standard InChI is InChI=1S/C9H18O2/c1-4-6-8-9(11-8)10-7(3)5-2/h7-9H,4-6H2,1-3H3. The highest BCUT2D eigenvalue weighted by molar-refractivity contribution is 4.76. The maximum atomic E-state index is 5.55. The van der Waals surface area contributed by atoms with Gasteiger partial charge in [-0.25, -0.2) is 0 Å². The van der Waals surface area contributed by atoms with E-state index in [9.17, 15) is 0 Å². The van der Waals surface area contributed by atoms with Crippen molar-refractivity contribution in [3.63, 3.8) is 0 Å². The summed E-state index contributed by atoms with van der Waals surface area (Å²) < 4.78 is 10.9. The molecule has 0 radical (unpaired) electrons. The van der Waals surface area contributed by atoms with Crippen molar-refractivity contribution in [3.8, 4) is 0 Å². The van der Waals surface area contributed by atoms with Crippen LogP contribution in [0.2, 0.25) is 0 Å². The molecular weight excluding hydrogens is 140 g/mol. The molecule has 66 valence electrons. The molecule has 11 heavy (non-hydrogen) atoms. The number of ether oxygens (including phenoxy) is 2. The van der Waals surface area contributed by atoms with Gasteiger partial charge in [-0.2, -0.15) is 0 Å². The van der Waals surface area contributed by atoms with Gasteiger partial charge in [-0.1, -0.05) is 20.3 Å². The van der Waals surface area contributed by atoms with Gasteiger partial charge in [0.2, 0.25) is 0 Å². The van der Waals surface area contributed by atoms with Crippen molar-refractivity contribution in [2.24, 2.45) is 0 Å². The van der Waals surface area contributed by atoms with E-state index < -0.39 is 0 Å². The molecule has 1 aliphatic rings. The molecule has 0 spiro atoms. The van der Waals surface area contributed by atoms with Crippen LogP contribution in [0, 0.1) is 0 Å². The van der Waals surface area contributed by atoms with E-state index in [1.165, 1.54) is 6.42 Å². The Morgan fingerprint density at radius 1 is 1.45 bits per heavy atom. The van der Waals surface area contributed by atoms with E-state index in [1.54, 1.807) is 0 Å². The molecule has 1 saturated heterocycles. The molecule has 0 aliphatic carbocycles. The zero-order valence-corrected chi connectivity index (χ0v) is 7.67. The molecule has 1 heterocycles. The first-order valence-electron chi connectivity index (χ1n) is 4.58. The molecule has 0 bridgehead atoms. The molecule has 2 heteroatoms. The van der Waals surface area contributed by atoms with Crippen LogP contribution in [-0.4, -0.2) is 18.5 Å². The van der Waals surface area contributed by atoms with Gasteiger partial charge < -0.3 is 9.47 Å². The lowest BCUT2D eigenvalue weighted by atomic mass is 10.2. The molecule has 3 unspecified atom stereocenters. The van der Waals surface area contributed by atoms with Gasteiger partial charge in [0.05, 0.1) is 6.10 Å². The van der Waals surface area contributed by atoms with E-state index >= 15 is 0 Å². The summed E-state index contributed by atoms with van der Waals surface area (Å²) in [5.74, 6) is 0. The highest BCUT2D eigenvalue weighted by Gasteiger charge is 2.39. The summed E-state index contributed by atoms with van der Waals surface area (Å²) in [7, 11) is 0. The molecular formula is C9H18O2. The van der Waals surface area contributed by atoms with Crippen LogP contribution in [0.1, 0.15) is 40.0 Å². The fourth-order valence-electron chi connectivity index (χ4n) is 1.06. The van der Waals surface area contributed by atoms with Gasteiger partial charge >= 0.3 is 0 Å². The van der Waals surface area contributed by atoms with Crippen LogP contribution in [0.4, 0.5) is 0 Å². The SMILES string of the molecule is CCCC1OC1OC(C)CC. The van der Waals surface area contributed by atoms with E-state index in [4.69, 9.17) is 9.47 Å². The quantitative estimate of drug-likeness (QED) is 0.573. The van der Waals surface area contributed by atoms with Gasteiger partial charge in [0.25, 0.3) is 0 Å². The van der Waals surface area contributed by atoms with Gasteiger partial charge in [-0.3, -0.25) is 0 Å². The third kappa shape index (κ3) is 2.80. The van der Waals surface area contributed by atoms with Crippen molar-refractivity contribution in [3.05, 3.63) is 0 Å². The zero-order valence-electron chi connectivity index (χ0n) is 7.67. The van der Waals surface area contributed by atoms with Crippen molar-refractivity contribution in [1.82, 2.24) is 0 Å². The van der Waals surface area contributed by atoms with Crippen molar-refractivity contribution < 1.29 is 9.47 Å². The second-order valence-electron chi connectivity index (χ2n) is 3.19. The fourth-order valence-corrected chi connectivity index (χ4v) is 1.06. The second-order valence-corrected chi connectivity index (χ2v) is 3.19. The molecule has 0 saturated carbocycles. The van der Waals surface area contributed by atoms with Crippen molar-refractivity contribution >= 4 is 0 Å². The van der Waals surface area contributed by atoms with Crippen LogP contribution in [0.5, 0.6) is 0 Å². The van der Waals surface area contributed by atoms with Gasteiger partial charge in [0.1, 0.15) is 6.10 Å². The maximum absolute atomic E-state index is 5.55. The highest BCUT2D eigenvalue weighted by Crippen LogP contribution is 2.28. The summed E-state index contributed by atoms with van der Waals surface area (Å²) in [6.07, 6.45) is 4.26. The average Bonchev–Trinajstić information content (AvgIpc) is 2.69. The van der Waals surface area contributed by atoms with E-state index in [0.717, 1.165) is 12.8 Å². The van der Waals surface area contributed by atoms with Crippen LogP contribution in [0.25, 0.3) is 0 Å². The van der Waals surface area contributed by atoms with E-state index in [-0.39, 0.29) is 6.29 Å². The maximum Gasteiger partial charge on any atom is 0.184 e. The van der Waals surface area contributed by atoms with Gasteiger partial charge in [0.15, 0.2) is 6.29 Å². The lowest BCUT2D eigenvalue weighted by Crippen LogP contribution is -2.10. The van der Waals surface area contributed by atoms with Crippen LogP contribution in [0.15, 0.2) is 0 Å². The Balaban J connectivity index is 2.03. The summed E-state index contributed by atoms with van der Waals surface area (Å²) >= 11 is 0. The summed E-state index contributed by atoms with van der Waals surface area (Å²) in [5, 5.41) is 0. The van der Waals surface area contributed by atoms with Crippen LogP contribution in [-0.2, 0) is 9.47 Å². The highest BCUT2D eigenvalue weighted by atomic mass is 16.8. The van der Waals surface area contributed by atoms with Crippen LogP contribution >= 0.6 is 0 Å². The van der Waals surface area contributed by atoms with Crippen molar-refractivity contribution in [2.75, 3.05) is 0 Å². The van der Waals surface area contributed by atoms with Crippen molar-refractivity contribution in [2.45, 2.75) is 58.5 Å². The smallest absolute Gasteiger partial charge is 0.184 e.